The molecular formula is C18H29BrO4. The first-order chi connectivity index (χ1) is 11.0. The summed E-state index contributed by atoms with van der Waals surface area (Å²) in [5, 5.41) is 30.3. The number of hydrogen-bond donors (Lipinski definition) is 3. The topological polar surface area (TPSA) is 69.9 Å². The molecular weight excluding hydrogens is 360 g/mol. The number of rotatable bonds is 5. The van der Waals surface area contributed by atoms with Gasteiger partial charge < -0.3 is 20.1 Å². The van der Waals surface area contributed by atoms with E-state index in [2.05, 4.69) is 15.9 Å². The highest BCUT2D eigenvalue weighted by atomic mass is 79.9. The van der Waals surface area contributed by atoms with Gasteiger partial charge in [-0.05, 0) is 24.7 Å². The lowest BCUT2D eigenvalue weighted by Gasteiger charge is -2.23. The zero-order valence-electron chi connectivity index (χ0n) is 13.6. The molecule has 0 spiro atoms. The second-order valence-electron chi connectivity index (χ2n) is 7.56. The molecule has 0 amide bonds. The van der Waals surface area contributed by atoms with Crippen LogP contribution >= 0.6 is 15.9 Å². The average molecular weight is 389 g/mol. The van der Waals surface area contributed by atoms with Gasteiger partial charge in [-0.3, -0.25) is 0 Å². The third kappa shape index (κ3) is 4.37. The Kier molecular flexibility index (Phi) is 6.18. The zero-order chi connectivity index (χ0) is 16.4. The first kappa shape index (κ1) is 17.9. The summed E-state index contributed by atoms with van der Waals surface area (Å²) >= 11 is 3.51. The summed E-state index contributed by atoms with van der Waals surface area (Å²) in [6.07, 6.45) is 9.87. The van der Waals surface area contributed by atoms with Crippen LogP contribution in [0.3, 0.4) is 0 Å². The Hall–Kier alpha value is 0.0600. The Labute approximate surface area is 147 Å². The van der Waals surface area contributed by atoms with Crippen molar-refractivity contribution in [3.05, 3.63) is 10.6 Å². The molecule has 5 heteroatoms. The Morgan fingerprint density at radius 2 is 1.91 bits per heavy atom. The van der Waals surface area contributed by atoms with Crippen molar-refractivity contribution in [1.29, 1.82) is 0 Å². The summed E-state index contributed by atoms with van der Waals surface area (Å²) in [5.41, 5.74) is 0. The molecule has 3 rings (SSSR count). The second-order valence-corrected chi connectivity index (χ2v) is 8.47. The lowest BCUT2D eigenvalue weighted by atomic mass is 9.85. The standard InChI is InChI=1S/C18H29BrO4/c19-14(15(20)7-6-11-4-2-1-3-5-11)8-12-13-9-18(22)23-17(13)10-16(12)21/h8,11-13,15-18,20-22H,1-7,9-10H2. The third-order valence-corrected chi connectivity index (χ3v) is 6.73. The molecule has 6 atom stereocenters. The monoisotopic (exact) mass is 388 g/mol. The molecule has 0 aromatic heterocycles. The van der Waals surface area contributed by atoms with Crippen LogP contribution in [0.15, 0.2) is 10.6 Å². The quantitative estimate of drug-likeness (QED) is 0.676. The molecule has 3 fully saturated rings. The molecule has 4 nitrogen and oxygen atoms in total. The Morgan fingerprint density at radius 3 is 2.65 bits per heavy atom. The molecule has 0 aromatic rings. The van der Waals surface area contributed by atoms with Gasteiger partial charge in [-0.2, -0.15) is 0 Å². The van der Waals surface area contributed by atoms with Gasteiger partial charge in [-0.1, -0.05) is 54.1 Å². The van der Waals surface area contributed by atoms with Gasteiger partial charge >= 0.3 is 0 Å². The van der Waals surface area contributed by atoms with Gasteiger partial charge in [0.25, 0.3) is 0 Å². The molecule has 6 unspecified atom stereocenters. The minimum Gasteiger partial charge on any atom is -0.392 e. The van der Waals surface area contributed by atoms with E-state index in [9.17, 15) is 15.3 Å². The van der Waals surface area contributed by atoms with E-state index in [-0.39, 0.29) is 17.9 Å². The van der Waals surface area contributed by atoms with Crippen molar-refractivity contribution in [2.45, 2.75) is 82.4 Å². The molecule has 2 aliphatic carbocycles. The molecule has 1 saturated heterocycles. The molecule has 0 aromatic carbocycles. The summed E-state index contributed by atoms with van der Waals surface area (Å²) in [6, 6.07) is 0. The number of aliphatic hydroxyl groups excluding tert-OH is 3. The summed E-state index contributed by atoms with van der Waals surface area (Å²) < 4.78 is 6.22. The average Bonchev–Trinajstić information content (AvgIpc) is 3.02. The van der Waals surface area contributed by atoms with Crippen molar-refractivity contribution in [1.82, 2.24) is 0 Å². The van der Waals surface area contributed by atoms with E-state index in [4.69, 9.17) is 4.74 Å². The number of fused-ring (bicyclic) bond motifs is 1. The molecule has 1 aliphatic heterocycles. The van der Waals surface area contributed by atoms with Crippen LogP contribution in [-0.4, -0.2) is 39.9 Å². The maximum atomic E-state index is 10.4. The lowest BCUT2D eigenvalue weighted by Crippen LogP contribution is -2.20. The minimum absolute atomic E-state index is 0.0455. The predicted molar refractivity (Wildman–Crippen MR) is 91.9 cm³/mol. The van der Waals surface area contributed by atoms with E-state index in [1.807, 2.05) is 6.08 Å². The molecule has 132 valence electrons. The SMILES string of the molecule is OC1CC2C(CC(O)C2C=C(Br)C(O)CCC2CCCCC2)O1. The first-order valence-corrected chi connectivity index (χ1v) is 9.90. The largest absolute Gasteiger partial charge is 0.392 e. The van der Waals surface area contributed by atoms with Crippen molar-refractivity contribution < 1.29 is 20.1 Å². The van der Waals surface area contributed by atoms with Crippen molar-refractivity contribution in [3.63, 3.8) is 0 Å². The fraction of sp³-hybridized carbons (Fsp3) is 0.889. The van der Waals surface area contributed by atoms with Crippen molar-refractivity contribution in [2.24, 2.45) is 17.8 Å². The highest BCUT2D eigenvalue weighted by Gasteiger charge is 2.48. The van der Waals surface area contributed by atoms with Crippen LogP contribution in [0.2, 0.25) is 0 Å². The Bertz CT molecular complexity index is 421. The molecule has 0 bridgehead atoms. The van der Waals surface area contributed by atoms with Gasteiger partial charge in [0.2, 0.25) is 0 Å². The molecule has 3 aliphatic rings. The van der Waals surface area contributed by atoms with E-state index in [0.717, 1.165) is 23.2 Å². The maximum Gasteiger partial charge on any atom is 0.155 e. The lowest BCUT2D eigenvalue weighted by molar-refractivity contribution is -0.0949. The van der Waals surface area contributed by atoms with Gasteiger partial charge in [0, 0.05) is 23.2 Å². The van der Waals surface area contributed by atoms with Crippen LogP contribution in [-0.2, 0) is 4.74 Å². The van der Waals surface area contributed by atoms with E-state index in [1.165, 1.54) is 32.1 Å². The Balaban J connectivity index is 1.53. The van der Waals surface area contributed by atoms with Crippen LogP contribution in [0.5, 0.6) is 0 Å². The molecule has 23 heavy (non-hydrogen) atoms. The van der Waals surface area contributed by atoms with Crippen LogP contribution in [0.4, 0.5) is 0 Å². The molecule has 1 heterocycles. The third-order valence-electron chi connectivity index (χ3n) is 5.94. The normalized spacial score (nSPS) is 40.3. The summed E-state index contributed by atoms with van der Waals surface area (Å²) in [7, 11) is 0. The van der Waals surface area contributed by atoms with Crippen LogP contribution in [0, 0.1) is 17.8 Å². The predicted octanol–water partition coefficient (Wildman–Crippen LogP) is 3.09. The first-order valence-electron chi connectivity index (χ1n) is 9.11. The van der Waals surface area contributed by atoms with Crippen molar-refractivity contribution in [3.8, 4) is 0 Å². The molecule has 2 saturated carbocycles. The number of ether oxygens (including phenoxy) is 1. The number of aliphatic hydroxyl groups is 3. The minimum atomic E-state index is -0.705. The van der Waals surface area contributed by atoms with Crippen LogP contribution in [0.25, 0.3) is 0 Å². The van der Waals surface area contributed by atoms with Crippen molar-refractivity contribution in [2.75, 3.05) is 0 Å². The van der Waals surface area contributed by atoms with Gasteiger partial charge in [0.1, 0.15) is 0 Å². The van der Waals surface area contributed by atoms with Gasteiger partial charge in [-0.15, -0.1) is 0 Å². The fourth-order valence-corrected chi connectivity index (χ4v) is 5.13. The highest BCUT2D eigenvalue weighted by Crippen LogP contribution is 2.44. The fourth-order valence-electron chi connectivity index (χ4n) is 4.60. The molecule has 3 N–H and O–H groups in total. The summed E-state index contributed by atoms with van der Waals surface area (Å²) in [4.78, 5) is 0. The number of halogens is 1. The summed E-state index contributed by atoms with van der Waals surface area (Å²) in [5.74, 6) is 0.868. The van der Waals surface area contributed by atoms with Gasteiger partial charge in [0.05, 0.1) is 18.3 Å². The molecule has 0 radical (unpaired) electrons. The van der Waals surface area contributed by atoms with E-state index in [1.54, 1.807) is 0 Å². The van der Waals surface area contributed by atoms with Crippen LogP contribution < -0.4 is 0 Å². The van der Waals surface area contributed by atoms with Crippen molar-refractivity contribution >= 4 is 15.9 Å². The maximum absolute atomic E-state index is 10.4. The Morgan fingerprint density at radius 1 is 1.17 bits per heavy atom. The smallest absolute Gasteiger partial charge is 0.155 e. The van der Waals surface area contributed by atoms with E-state index >= 15 is 0 Å². The van der Waals surface area contributed by atoms with E-state index in [0.29, 0.717) is 12.8 Å². The van der Waals surface area contributed by atoms with E-state index < -0.39 is 18.5 Å². The van der Waals surface area contributed by atoms with Crippen LogP contribution in [0.1, 0.15) is 57.8 Å². The number of hydrogen-bond acceptors (Lipinski definition) is 4. The zero-order valence-corrected chi connectivity index (χ0v) is 15.2. The van der Waals surface area contributed by atoms with Gasteiger partial charge in [-0.25, -0.2) is 0 Å². The summed E-state index contributed by atoms with van der Waals surface area (Å²) in [6.45, 7) is 0. The van der Waals surface area contributed by atoms with Gasteiger partial charge in [0.15, 0.2) is 6.29 Å². The highest BCUT2D eigenvalue weighted by molar-refractivity contribution is 9.11. The second kappa shape index (κ2) is 7.96.